The number of hydrogen-bond acceptors (Lipinski definition) is 4. The fraction of sp³-hybridized carbons (Fsp3) is 0.263. The number of nitrogens with one attached hydrogen (secondary N) is 1. The first-order valence-corrected chi connectivity index (χ1v) is 10.3. The Balaban J connectivity index is 1.99. The molecule has 0 unspecified atom stereocenters. The van der Waals surface area contributed by atoms with Crippen molar-refractivity contribution >= 4 is 33.2 Å². The molecule has 27 heavy (non-hydrogen) atoms. The van der Waals surface area contributed by atoms with Crippen LogP contribution in [0.2, 0.25) is 0 Å². The van der Waals surface area contributed by atoms with Gasteiger partial charge in [-0.15, -0.1) is 0 Å². The van der Waals surface area contributed by atoms with E-state index in [0.29, 0.717) is 23.4 Å². The van der Waals surface area contributed by atoms with Gasteiger partial charge < -0.3 is 11.1 Å². The molecule has 0 atom stereocenters. The maximum atomic E-state index is 12.1. The Kier molecular flexibility index (Phi) is 6.57. The van der Waals surface area contributed by atoms with E-state index in [9.17, 15) is 18.0 Å². The van der Waals surface area contributed by atoms with Crippen LogP contribution in [0.1, 0.15) is 28.8 Å². The first-order chi connectivity index (χ1) is 12.7. The van der Waals surface area contributed by atoms with E-state index >= 15 is 0 Å². The molecule has 0 aliphatic heterocycles. The van der Waals surface area contributed by atoms with Crippen LogP contribution in [0.4, 0.5) is 11.4 Å². The number of para-hydroxylation sites is 1. The number of rotatable bonds is 8. The lowest BCUT2D eigenvalue weighted by atomic mass is 10.2. The van der Waals surface area contributed by atoms with Gasteiger partial charge >= 0.3 is 0 Å². The van der Waals surface area contributed by atoms with Crippen molar-refractivity contribution < 1.29 is 18.0 Å². The third-order valence-electron chi connectivity index (χ3n) is 3.98. The van der Waals surface area contributed by atoms with Gasteiger partial charge in [0, 0.05) is 24.2 Å². The number of benzene rings is 2. The number of sulfonamides is 1. The Bertz CT molecular complexity index is 941. The normalized spacial score (nSPS) is 11.0. The number of nitrogens with zero attached hydrogens (tertiary/aromatic N) is 1. The van der Waals surface area contributed by atoms with Crippen molar-refractivity contribution in [1.82, 2.24) is 0 Å². The van der Waals surface area contributed by atoms with Gasteiger partial charge in [-0.3, -0.25) is 13.9 Å². The molecule has 0 bridgehead atoms. The summed E-state index contributed by atoms with van der Waals surface area (Å²) in [4.78, 5) is 23.3. The number of aryl methyl sites for hydroxylation is 1. The number of carbonyl (C=O) groups is 2. The number of amides is 2. The molecule has 0 aliphatic rings. The zero-order chi connectivity index (χ0) is 20.0. The van der Waals surface area contributed by atoms with Crippen molar-refractivity contribution in [3.05, 3.63) is 59.7 Å². The number of nitrogens with two attached hydrogens (primary N) is 1. The summed E-state index contributed by atoms with van der Waals surface area (Å²) >= 11 is 0. The smallest absolute Gasteiger partial charge is 0.248 e. The molecule has 2 aromatic carbocycles. The lowest BCUT2D eigenvalue weighted by molar-refractivity contribution is -0.116. The molecule has 2 amide bonds. The Morgan fingerprint density at radius 2 is 1.81 bits per heavy atom. The van der Waals surface area contributed by atoms with Crippen molar-refractivity contribution in [2.45, 2.75) is 19.8 Å². The molecule has 0 saturated heterocycles. The number of anilines is 2. The predicted octanol–water partition coefficient (Wildman–Crippen LogP) is 2.28. The van der Waals surface area contributed by atoms with E-state index in [-0.39, 0.29) is 18.9 Å². The quantitative estimate of drug-likeness (QED) is 0.722. The van der Waals surface area contributed by atoms with Crippen LogP contribution in [0.25, 0.3) is 0 Å². The molecule has 144 valence electrons. The van der Waals surface area contributed by atoms with Gasteiger partial charge in [-0.1, -0.05) is 24.3 Å². The van der Waals surface area contributed by atoms with Crippen LogP contribution in [0.3, 0.4) is 0 Å². The zero-order valence-electron chi connectivity index (χ0n) is 15.3. The van der Waals surface area contributed by atoms with Gasteiger partial charge in [-0.05, 0) is 43.2 Å². The van der Waals surface area contributed by atoms with Gasteiger partial charge in [0.25, 0.3) is 0 Å². The Morgan fingerprint density at radius 3 is 2.44 bits per heavy atom. The maximum absolute atomic E-state index is 12.1. The van der Waals surface area contributed by atoms with Gasteiger partial charge in [0.1, 0.15) is 0 Å². The second-order valence-electron chi connectivity index (χ2n) is 6.22. The molecular formula is C19H23N3O4S. The highest BCUT2D eigenvalue weighted by Crippen LogP contribution is 2.22. The fourth-order valence-electron chi connectivity index (χ4n) is 2.67. The SMILES string of the molecule is Cc1ccccc1N(CCCC(=O)Nc1cccc(C(N)=O)c1)S(C)(=O)=O. The summed E-state index contributed by atoms with van der Waals surface area (Å²) in [5.74, 6) is -0.844. The monoisotopic (exact) mass is 389 g/mol. The predicted molar refractivity (Wildman–Crippen MR) is 106 cm³/mol. The number of hydrogen-bond donors (Lipinski definition) is 2. The van der Waals surface area contributed by atoms with Gasteiger partial charge in [0.2, 0.25) is 21.8 Å². The first kappa shape index (κ1) is 20.4. The summed E-state index contributed by atoms with van der Waals surface area (Å²) in [5.41, 5.74) is 7.44. The molecule has 8 heteroatoms. The van der Waals surface area contributed by atoms with E-state index in [0.717, 1.165) is 11.8 Å². The molecule has 0 saturated carbocycles. The highest BCUT2D eigenvalue weighted by Gasteiger charge is 2.19. The van der Waals surface area contributed by atoms with Crippen molar-refractivity contribution in [2.24, 2.45) is 5.73 Å². The van der Waals surface area contributed by atoms with E-state index in [1.165, 1.54) is 10.4 Å². The van der Waals surface area contributed by atoms with Crippen LogP contribution in [-0.2, 0) is 14.8 Å². The number of primary amides is 1. The van der Waals surface area contributed by atoms with E-state index < -0.39 is 15.9 Å². The summed E-state index contributed by atoms with van der Waals surface area (Å²) in [6.45, 7) is 2.03. The third-order valence-corrected chi connectivity index (χ3v) is 5.16. The van der Waals surface area contributed by atoms with Crippen LogP contribution in [-0.4, -0.2) is 33.0 Å². The molecule has 0 spiro atoms. The lowest BCUT2D eigenvalue weighted by Crippen LogP contribution is -2.32. The Hall–Kier alpha value is -2.87. The van der Waals surface area contributed by atoms with E-state index in [1.54, 1.807) is 30.3 Å². The third kappa shape index (κ3) is 5.82. The van der Waals surface area contributed by atoms with Gasteiger partial charge in [0.05, 0.1) is 11.9 Å². The summed E-state index contributed by atoms with van der Waals surface area (Å²) in [5, 5.41) is 2.69. The molecule has 3 N–H and O–H groups in total. The van der Waals surface area contributed by atoms with E-state index in [4.69, 9.17) is 5.73 Å². The largest absolute Gasteiger partial charge is 0.366 e. The Labute approximate surface area is 159 Å². The van der Waals surface area contributed by atoms with Gasteiger partial charge in [-0.25, -0.2) is 8.42 Å². The average molecular weight is 389 g/mol. The summed E-state index contributed by atoms with van der Waals surface area (Å²) in [7, 11) is -3.46. The topological polar surface area (TPSA) is 110 Å². The maximum Gasteiger partial charge on any atom is 0.248 e. The molecule has 0 radical (unpaired) electrons. The highest BCUT2D eigenvalue weighted by molar-refractivity contribution is 7.92. The minimum Gasteiger partial charge on any atom is -0.366 e. The summed E-state index contributed by atoms with van der Waals surface area (Å²) in [6.07, 6.45) is 1.64. The molecule has 0 aromatic heterocycles. The fourth-order valence-corrected chi connectivity index (χ4v) is 3.69. The van der Waals surface area contributed by atoms with Gasteiger partial charge in [0.15, 0.2) is 0 Å². The average Bonchev–Trinajstić information content (AvgIpc) is 2.59. The highest BCUT2D eigenvalue weighted by atomic mass is 32.2. The van der Waals surface area contributed by atoms with Crippen molar-refractivity contribution in [1.29, 1.82) is 0 Å². The van der Waals surface area contributed by atoms with Crippen LogP contribution in [0, 0.1) is 6.92 Å². The van der Waals surface area contributed by atoms with Gasteiger partial charge in [-0.2, -0.15) is 0 Å². The zero-order valence-corrected chi connectivity index (χ0v) is 16.1. The molecule has 0 aliphatic carbocycles. The molecule has 7 nitrogen and oxygen atoms in total. The molecule has 0 fully saturated rings. The summed E-state index contributed by atoms with van der Waals surface area (Å²) in [6, 6.07) is 13.5. The van der Waals surface area contributed by atoms with Crippen molar-refractivity contribution in [3.8, 4) is 0 Å². The van der Waals surface area contributed by atoms with E-state index in [1.807, 2.05) is 19.1 Å². The van der Waals surface area contributed by atoms with Crippen molar-refractivity contribution in [2.75, 3.05) is 22.4 Å². The number of carbonyl (C=O) groups excluding carboxylic acids is 2. The minimum atomic E-state index is -3.46. The van der Waals surface area contributed by atoms with Crippen LogP contribution < -0.4 is 15.4 Å². The van der Waals surface area contributed by atoms with Crippen LogP contribution >= 0.6 is 0 Å². The van der Waals surface area contributed by atoms with Crippen molar-refractivity contribution in [3.63, 3.8) is 0 Å². The van der Waals surface area contributed by atoms with Crippen LogP contribution in [0.5, 0.6) is 0 Å². The van der Waals surface area contributed by atoms with E-state index in [2.05, 4.69) is 5.32 Å². The molecule has 2 aromatic rings. The lowest BCUT2D eigenvalue weighted by Gasteiger charge is -2.24. The second-order valence-corrected chi connectivity index (χ2v) is 8.13. The van der Waals surface area contributed by atoms with Crippen LogP contribution in [0.15, 0.2) is 48.5 Å². The minimum absolute atomic E-state index is 0.138. The standard InChI is InChI=1S/C19H23N3O4S/c1-14-7-3-4-10-17(14)22(27(2,25)26)12-6-11-18(23)21-16-9-5-8-15(13-16)19(20)24/h3-5,7-10,13H,6,11-12H2,1-2H3,(H2,20,24)(H,21,23). The summed E-state index contributed by atoms with van der Waals surface area (Å²) < 4.78 is 25.6. The molecular weight excluding hydrogens is 366 g/mol. The Morgan fingerprint density at radius 1 is 1.11 bits per heavy atom. The second kappa shape index (κ2) is 8.68. The molecule has 2 rings (SSSR count). The first-order valence-electron chi connectivity index (χ1n) is 8.41. The molecule has 0 heterocycles.